The second kappa shape index (κ2) is 5.87. The third-order valence-corrected chi connectivity index (χ3v) is 4.31. The molecule has 96 valence electrons. The highest BCUT2D eigenvalue weighted by Gasteiger charge is 2.08. The Hall–Kier alpha value is -0.840. The van der Waals surface area contributed by atoms with E-state index in [1.807, 2.05) is 6.07 Å². The minimum Gasteiger partial charge on any atom is -0.361 e. The fourth-order valence-electron chi connectivity index (χ4n) is 1.52. The summed E-state index contributed by atoms with van der Waals surface area (Å²) in [4.78, 5) is 0. The summed E-state index contributed by atoms with van der Waals surface area (Å²) in [6.45, 7) is 1.80. The van der Waals surface area contributed by atoms with Crippen molar-refractivity contribution < 1.29 is 8.73 Å². The summed E-state index contributed by atoms with van der Waals surface area (Å²) in [5.41, 5.74) is 1.59. The first kappa shape index (κ1) is 13.6. The molecule has 0 saturated heterocycles. The lowest BCUT2D eigenvalue weighted by atomic mass is 10.2. The molecule has 0 aliphatic rings. The number of halogens is 2. The Bertz CT molecular complexity index is 583. The van der Waals surface area contributed by atoms with Gasteiger partial charge in [-0.2, -0.15) is 0 Å². The fourth-order valence-corrected chi connectivity index (χ4v) is 2.96. The maximum Gasteiger partial charge on any atom is 0.133 e. The minimum absolute atomic E-state index is 0.373. The molecule has 1 aromatic carbocycles. The molecule has 2 aromatic rings. The van der Waals surface area contributed by atoms with Gasteiger partial charge in [0.25, 0.3) is 0 Å². The molecule has 18 heavy (non-hydrogen) atoms. The van der Waals surface area contributed by atoms with E-state index in [0.717, 1.165) is 11.3 Å². The van der Waals surface area contributed by atoms with Crippen molar-refractivity contribution in [3.05, 3.63) is 51.3 Å². The summed E-state index contributed by atoms with van der Waals surface area (Å²) in [7, 11) is -1.05. The van der Waals surface area contributed by atoms with Crippen molar-refractivity contribution in [1.82, 2.24) is 5.16 Å². The van der Waals surface area contributed by atoms with Gasteiger partial charge in [0, 0.05) is 22.6 Å². The standard InChI is InChI=1S/C12H11Cl2NO2S/c1-8-4-10(15-17-8)7-18(16)6-9-2-3-11(13)12(14)5-9/h2-5H,6-7H2,1H3/t18-/m1/s1. The summed E-state index contributed by atoms with van der Waals surface area (Å²) in [5, 5.41) is 4.79. The van der Waals surface area contributed by atoms with Crippen molar-refractivity contribution in [1.29, 1.82) is 0 Å². The van der Waals surface area contributed by atoms with Crippen LogP contribution in [0.5, 0.6) is 0 Å². The number of aryl methyl sites for hydroxylation is 1. The normalized spacial score (nSPS) is 12.6. The van der Waals surface area contributed by atoms with Crippen molar-refractivity contribution in [3.63, 3.8) is 0 Å². The van der Waals surface area contributed by atoms with Gasteiger partial charge >= 0.3 is 0 Å². The van der Waals surface area contributed by atoms with Gasteiger partial charge in [0.1, 0.15) is 5.76 Å². The summed E-state index contributed by atoms with van der Waals surface area (Å²) in [6.07, 6.45) is 0. The Morgan fingerprint density at radius 3 is 2.61 bits per heavy atom. The molecular weight excluding hydrogens is 293 g/mol. The van der Waals surface area contributed by atoms with Crippen LogP contribution in [0.3, 0.4) is 0 Å². The Kier molecular flexibility index (Phi) is 4.43. The molecule has 0 spiro atoms. The molecule has 1 heterocycles. The van der Waals surface area contributed by atoms with Gasteiger partial charge in [-0.15, -0.1) is 0 Å². The van der Waals surface area contributed by atoms with E-state index in [9.17, 15) is 4.21 Å². The first-order valence-electron chi connectivity index (χ1n) is 5.25. The molecular formula is C12H11Cl2NO2S. The predicted molar refractivity (Wildman–Crippen MR) is 73.3 cm³/mol. The highest BCUT2D eigenvalue weighted by atomic mass is 35.5. The molecule has 0 aliphatic carbocycles. The molecule has 0 bridgehead atoms. The van der Waals surface area contributed by atoms with E-state index >= 15 is 0 Å². The van der Waals surface area contributed by atoms with Crippen LogP contribution < -0.4 is 0 Å². The monoisotopic (exact) mass is 303 g/mol. The highest BCUT2D eigenvalue weighted by molar-refractivity contribution is 7.83. The minimum atomic E-state index is -1.05. The predicted octanol–water partition coefficient (Wildman–Crippen LogP) is 3.74. The van der Waals surface area contributed by atoms with E-state index in [0.29, 0.717) is 27.2 Å². The van der Waals surface area contributed by atoms with Crippen LogP contribution in [-0.2, 0) is 22.3 Å². The van der Waals surface area contributed by atoms with Crippen LogP contribution in [0.4, 0.5) is 0 Å². The second-order valence-corrected chi connectivity index (χ2v) is 6.18. The van der Waals surface area contributed by atoms with Crippen molar-refractivity contribution in [2.24, 2.45) is 0 Å². The zero-order valence-corrected chi connectivity index (χ0v) is 12.0. The van der Waals surface area contributed by atoms with Crippen molar-refractivity contribution in [2.75, 3.05) is 0 Å². The highest BCUT2D eigenvalue weighted by Crippen LogP contribution is 2.23. The number of rotatable bonds is 4. The molecule has 0 saturated carbocycles. The van der Waals surface area contributed by atoms with Gasteiger partial charge in [0.2, 0.25) is 0 Å². The Morgan fingerprint density at radius 2 is 2.00 bits per heavy atom. The summed E-state index contributed by atoms with van der Waals surface area (Å²) in [6, 6.07) is 7.04. The molecule has 0 amide bonds. The van der Waals surface area contributed by atoms with Crippen molar-refractivity contribution >= 4 is 34.0 Å². The fraction of sp³-hybridized carbons (Fsp3) is 0.250. The van der Waals surface area contributed by atoms with E-state index in [2.05, 4.69) is 5.16 Å². The number of aromatic nitrogens is 1. The summed E-state index contributed by atoms with van der Waals surface area (Å²) >= 11 is 11.7. The molecule has 1 atom stereocenters. The zero-order chi connectivity index (χ0) is 13.1. The number of benzene rings is 1. The first-order valence-corrected chi connectivity index (χ1v) is 7.50. The number of hydrogen-bond acceptors (Lipinski definition) is 3. The molecule has 3 nitrogen and oxygen atoms in total. The lowest BCUT2D eigenvalue weighted by Crippen LogP contribution is -1.99. The van der Waals surface area contributed by atoms with Gasteiger partial charge in [0.05, 0.1) is 21.5 Å². The maximum absolute atomic E-state index is 11.9. The van der Waals surface area contributed by atoms with Crippen LogP contribution in [-0.4, -0.2) is 9.37 Å². The SMILES string of the molecule is Cc1cc(C[S@](=O)Cc2ccc(Cl)c(Cl)c2)no1. The largest absolute Gasteiger partial charge is 0.361 e. The Morgan fingerprint density at radius 1 is 1.22 bits per heavy atom. The summed E-state index contributed by atoms with van der Waals surface area (Å²) in [5.74, 6) is 1.51. The average molecular weight is 304 g/mol. The van der Waals surface area contributed by atoms with Gasteiger partial charge in [-0.25, -0.2) is 0 Å². The summed E-state index contributed by atoms with van der Waals surface area (Å²) < 4.78 is 16.9. The topological polar surface area (TPSA) is 43.1 Å². The van der Waals surface area contributed by atoms with Crippen LogP contribution >= 0.6 is 23.2 Å². The van der Waals surface area contributed by atoms with E-state index in [1.165, 1.54) is 0 Å². The Labute approximate surface area is 118 Å². The van der Waals surface area contributed by atoms with E-state index in [4.69, 9.17) is 27.7 Å². The van der Waals surface area contributed by atoms with Gasteiger partial charge in [-0.1, -0.05) is 34.4 Å². The van der Waals surface area contributed by atoms with Crippen LogP contribution in [0.25, 0.3) is 0 Å². The van der Waals surface area contributed by atoms with E-state index < -0.39 is 10.8 Å². The molecule has 0 fully saturated rings. The van der Waals surface area contributed by atoms with Crippen LogP contribution in [0.1, 0.15) is 17.0 Å². The van der Waals surface area contributed by atoms with Crippen molar-refractivity contribution in [3.8, 4) is 0 Å². The van der Waals surface area contributed by atoms with Crippen molar-refractivity contribution in [2.45, 2.75) is 18.4 Å². The van der Waals surface area contributed by atoms with Crippen LogP contribution in [0.15, 0.2) is 28.8 Å². The van der Waals surface area contributed by atoms with Gasteiger partial charge in [-0.3, -0.25) is 4.21 Å². The van der Waals surface area contributed by atoms with E-state index in [-0.39, 0.29) is 0 Å². The number of nitrogens with zero attached hydrogens (tertiary/aromatic N) is 1. The lowest BCUT2D eigenvalue weighted by molar-refractivity contribution is 0.392. The Balaban J connectivity index is 2.00. The smallest absolute Gasteiger partial charge is 0.133 e. The van der Waals surface area contributed by atoms with Gasteiger partial charge in [0.15, 0.2) is 0 Å². The molecule has 0 N–H and O–H groups in total. The van der Waals surface area contributed by atoms with Gasteiger partial charge in [-0.05, 0) is 24.6 Å². The zero-order valence-electron chi connectivity index (χ0n) is 9.65. The first-order chi connectivity index (χ1) is 8.54. The molecule has 2 rings (SSSR count). The van der Waals surface area contributed by atoms with E-state index in [1.54, 1.807) is 25.1 Å². The average Bonchev–Trinajstić information content (AvgIpc) is 2.69. The van der Waals surface area contributed by atoms with Crippen LogP contribution in [0.2, 0.25) is 10.0 Å². The maximum atomic E-state index is 11.9. The molecule has 0 aliphatic heterocycles. The van der Waals surface area contributed by atoms with Crippen LogP contribution in [0, 0.1) is 6.92 Å². The third-order valence-electron chi connectivity index (χ3n) is 2.30. The quantitative estimate of drug-likeness (QED) is 0.864. The van der Waals surface area contributed by atoms with Gasteiger partial charge < -0.3 is 4.52 Å². The molecule has 1 aromatic heterocycles. The molecule has 0 unspecified atom stereocenters. The molecule has 6 heteroatoms. The number of hydrogen-bond donors (Lipinski definition) is 0. The lowest BCUT2D eigenvalue weighted by Gasteiger charge is -2.02. The molecule has 0 radical (unpaired) electrons. The second-order valence-electron chi connectivity index (χ2n) is 3.91. The third kappa shape index (κ3) is 3.57.